The van der Waals surface area contributed by atoms with Crippen molar-refractivity contribution in [2.75, 3.05) is 0 Å². The summed E-state index contributed by atoms with van der Waals surface area (Å²) in [7, 11) is 0. The molecule has 3 amide bonds. The van der Waals surface area contributed by atoms with E-state index < -0.39 is 29.0 Å². The van der Waals surface area contributed by atoms with Gasteiger partial charge in [-0.3, -0.25) is 19.8 Å². The van der Waals surface area contributed by atoms with E-state index in [0.717, 1.165) is 48.5 Å². The van der Waals surface area contributed by atoms with Crippen molar-refractivity contribution in [3.8, 4) is 0 Å². The largest absolute Gasteiger partial charge is 0.416 e. The number of benzene rings is 1. The minimum Gasteiger partial charge on any atom is -0.272 e. The zero-order valence-electron chi connectivity index (χ0n) is 16.6. The lowest BCUT2D eigenvalue weighted by atomic mass is 9.57. The maximum absolute atomic E-state index is 13.6. The fourth-order valence-corrected chi connectivity index (χ4v) is 7.08. The molecule has 4 bridgehead atoms. The lowest BCUT2D eigenvalue weighted by molar-refractivity contribution is -0.145. The van der Waals surface area contributed by atoms with Crippen molar-refractivity contribution >= 4 is 17.7 Å². The number of carbonyl (C=O) groups excluding carboxylic acids is 3. The smallest absolute Gasteiger partial charge is 0.272 e. The van der Waals surface area contributed by atoms with E-state index in [9.17, 15) is 27.6 Å². The van der Waals surface area contributed by atoms with E-state index in [1.807, 2.05) is 0 Å². The fraction of sp³-hybridized carbons (Fsp3) is 0.522. The molecule has 1 aliphatic heterocycles. The average Bonchev–Trinajstić information content (AvgIpc) is 3.52. The summed E-state index contributed by atoms with van der Waals surface area (Å²) in [6, 6.07) is 3.74. The van der Waals surface area contributed by atoms with Gasteiger partial charge < -0.3 is 0 Å². The first-order valence-electron chi connectivity index (χ1n) is 10.8. The van der Waals surface area contributed by atoms with Gasteiger partial charge in [-0.25, -0.2) is 0 Å². The van der Waals surface area contributed by atoms with Crippen LogP contribution in [0.25, 0.3) is 0 Å². The summed E-state index contributed by atoms with van der Waals surface area (Å²) in [5.74, 6) is -0.465. The van der Waals surface area contributed by atoms with Crippen molar-refractivity contribution in [3.05, 3.63) is 47.5 Å². The van der Waals surface area contributed by atoms with Gasteiger partial charge in [0.15, 0.2) is 0 Å². The molecule has 5 aliphatic rings. The van der Waals surface area contributed by atoms with Gasteiger partial charge in [0.05, 0.1) is 16.9 Å². The predicted octanol–water partition coefficient (Wildman–Crippen LogP) is 3.57. The van der Waals surface area contributed by atoms with Crippen LogP contribution >= 0.6 is 0 Å². The third-order valence-corrected chi connectivity index (χ3v) is 8.36. The minimum absolute atomic E-state index is 0.0217. The standard InChI is InChI=1S/C23H21F3N2O3/c24-23(25,26)12-5-3-11(4-6-12)19(29)27-28-20(30)18-14-2-1-9-22(18,21(28)31)17-8-7-13(14)15-10-16(15)17/h3-8,13-18H,1-2,9-10H2,(H,27,29)/t13?,14?,15?,16?,17?,18-,22-/m1/s1. The van der Waals surface area contributed by atoms with Crippen LogP contribution < -0.4 is 5.43 Å². The SMILES string of the molecule is O=C(NN1C(=O)[C@H]2C3CCC[C@@]2(C1=O)C1C=CC3C2CC21)c1ccc(C(F)(F)F)cc1. The zero-order valence-corrected chi connectivity index (χ0v) is 16.6. The van der Waals surface area contributed by atoms with E-state index in [2.05, 4.69) is 17.6 Å². The molecule has 4 aliphatic carbocycles. The number of nitrogens with one attached hydrogen (secondary N) is 1. The van der Waals surface area contributed by atoms with E-state index >= 15 is 0 Å². The molecule has 1 heterocycles. The highest BCUT2D eigenvalue weighted by molar-refractivity contribution is 6.10. The van der Waals surface area contributed by atoms with Gasteiger partial charge >= 0.3 is 6.18 Å². The highest BCUT2D eigenvalue weighted by atomic mass is 19.4. The molecular weight excluding hydrogens is 409 g/mol. The molecule has 0 aromatic heterocycles. The van der Waals surface area contributed by atoms with Crippen molar-refractivity contribution < 1.29 is 27.6 Å². The van der Waals surface area contributed by atoms with Gasteiger partial charge in [0.1, 0.15) is 0 Å². The Morgan fingerprint density at radius 3 is 2.52 bits per heavy atom. The first-order chi connectivity index (χ1) is 14.7. The van der Waals surface area contributed by atoms with Gasteiger partial charge in [0, 0.05) is 5.56 Å². The summed E-state index contributed by atoms with van der Waals surface area (Å²) in [5, 5.41) is 0.870. The van der Waals surface area contributed by atoms with Crippen LogP contribution in [-0.2, 0) is 15.8 Å². The molecule has 1 aromatic rings. The Labute approximate surface area is 176 Å². The summed E-state index contributed by atoms with van der Waals surface area (Å²) in [4.78, 5) is 39.8. The Hall–Kier alpha value is -2.64. The highest BCUT2D eigenvalue weighted by Crippen LogP contribution is 2.71. The van der Waals surface area contributed by atoms with Crippen molar-refractivity contribution in [2.24, 2.45) is 40.9 Å². The van der Waals surface area contributed by atoms with Crippen LogP contribution in [0.1, 0.15) is 41.6 Å². The molecule has 8 heteroatoms. The molecule has 3 saturated carbocycles. The third-order valence-electron chi connectivity index (χ3n) is 8.36. The summed E-state index contributed by atoms with van der Waals surface area (Å²) in [5.41, 5.74) is 0.714. The van der Waals surface area contributed by atoms with Crippen molar-refractivity contribution in [1.82, 2.24) is 10.4 Å². The molecule has 1 saturated heterocycles. The Bertz CT molecular complexity index is 1030. The maximum atomic E-state index is 13.6. The molecular formula is C23H21F3N2O3. The second-order valence-corrected chi connectivity index (χ2v) is 9.62. The Morgan fingerprint density at radius 2 is 1.81 bits per heavy atom. The maximum Gasteiger partial charge on any atom is 0.416 e. The van der Waals surface area contributed by atoms with E-state index in [1.54, 1.807) is 0 Å². The Kier molecular flexibility index (Phi) is 3.68. The first-order valence-corrected chi connectivity index (χ1v) is 10.8. The number of carbonyl (C=O) groups is 3. The van der Waals surface area contributed by atoms with Crippen LogP contribution in [0.5, 0.6) is 0 Å². The van der Waals surface area contributed by atoms with Gasteiger partial charge in [-0.15, -0.1) is 0 Å². The summed E-state index contributed by atoms with van der Waals surface area (Å²) < 4.78 is 38.3. The van der Waals surface area contributed by atoms with Crippen LogP contribution in [0, 0.1) is 40.9 Å². The number of halogens is 3. The van der Waals surface area contributed by atoms with Crippen LogP contribution in [-0.4, -0.2) is 22.7 Å². The molecule has 1 N–H and O–H groups in total. The number of alkyl halides is 3. The third kappa shape index (κ3) is 2.41. The van der Waals surface area contributed by atoms with Crippen molar-refractivity contribution in [3.63, 3.8) is 0 Å². The first kappa shape index (κ1) is 19.1. The lowest BCUT2D eigenvalue weighted by Crippen LogP contribution is -2.49. The van der Waals surface area contributed by atoms with E-state index in [1.165, 1.54) is 0 Å². The minimum atomic E-state index is -4.51. The van der Waals surface area contributed by atoms with Crippen LogP contribution in [0.3, 0.4) is 0 Å². The second-order valence-electron chi connectivity index (χ2n) is 9.62. The van der Waals surface area contributed by atoms with E-state index in [-0.39, 0.29) is 29.2 Å². The van der Waals surface area contributed by atoms with Crippen molar-refractivity contribution in [1.29, 1.82) is 0 Å². The molecule has 0 spiro atoms. The topological polar surface area (TPSA) is 66.5 Å². The number of nitrogens with zero attached hydrogens (tertiary/aromatic N) is 1. The number of allylic oxidation sites excluding steroid dienone is 2. The van der Waals surface area contributed by atoms with Crippen molar-refractivity contribution in [2.45, 2.75) is 31.9 Å². The summed E-state index contributed by atoms with van der Waals surface area (Å²) >= 11 is 0. The van der Waals surface area contributed by atoms with Crippen LogP contribution in [0.4, 0.5) is 13.2 Å². The molecule has 31 heavy (non-hydrogen) atoms. The number of hydrazine groups is 1. The van der Waals surface area contributed by atoms with Gasteiger partial charge in [-0.05, 0) is 73.1 Å². The number of rotatable bonds is 2. The molecule has 5 unspecified atom stereocenters. The predicted molar refractivity (Wildman–Crippen MR) is 102 cm³/mol. The van der Waals surface area contributed by atoms with Crippen LogP contribution in [0.2, 0.25) is 0 Å². The lowest BCUT2D eigenvalue weighted by Gasteiger charge is -2.42. The monoisotopic (exact) mass is 430 g/mol. The molecule has 162 valence electrons. The molecule has 1 aromatic carbocycles. The second kappa shape index (κ2) is 5.99. The Morgan fingerprint density at radius 1 is 1.06 bits per heavy atom. The molecule has 7 atom stereocenters. The Balaban J connectivity index is 1.31. The summed E-state index contributed by atoms with van der Waals surface area (Å²) in [6.45, 7) is 0. The number of imide groups is 1. The molecule has 5 nitrogen and oxygen atoms in total. The zero-order chi connectivity index (χ0) is 21.7. The van der Waals surface area contributed by atoms with E-state index in [0.29, 0.717) is 24.2 Å². The number of hydrogen-bond acceptors (Lipinski definition) is 3. The van der Waals surface area contributed by atoms with Gasteiger partial charge in [0.25, 0.3) is 17.7 Å². The van der Waals surface area contributed by atoms with Crippen LogP contribution in [0.15, 0.2) is 36.4 Å². The number of fused-ring (bicyclic) bond motifs is 1. The molecule has 4 fully saturated rings. The van der Waals surface area contributed by atoms with E-state index in [4.69, 9.17) is 0 Å². The van der Waals surface area contributed by atoms with Gasteiger partial charge in [-0.2, -0.15) is 18.2 Å². The number of amides is 3. The molecule has 0 radical (unpaired) electrons. The summed E-state index contributed by atoms with van der Waals surface area (Å²) in [6.07, 6.45) is 3.37. The number of hydrogen-bond donors (Lipinski definition) is 1. The molecule has 6 rings (SSSR count). The van der Waals surface area contributed by atoms with Gasteiger partial charge in [-0.1, -0.05) is 18.6 Å². The van der Waals surface area contributed by atoms with Gasteiger partial charge in [0.2, 0.25) is 0 Å². The normalized spacial score (nSPS) is 39.8. The quantitative estimate of drug-likeness (QED) is 0.576. The average molecular weight is 430 g/mol. The highest BCUT2D eigenvalue weighted by Gasteiger charge is 2.73. The fourth-order valence-electron chi connectivity index (χ4n) is 7.08.